The van der Waals surface area contributed by atoms with E-state index in [1.165, 1.54) is 11.3 Å². The lowest BCUT2D eigenvalue weighted by Gasteiger charge is -2.16. The number of carbonyl (C=O) groups is 2. The molecule has 3 nitrogen and oxygen atoms in total. The Hall–Kier alpha value is -2.07. The van der Waals surface area contributed by atoms with Crippen LogP contribution in [0.4, 0.5) is 0 Å². The first-order chi connectivity index (χ1) is 10.2. The van der Waals surface area contributed by atoms with Crippen molar-refractivity contribution in [2.24, 2.45) is 0 Å². The van der Waals surface area contributed by atoms with E-state index in [1.807, 2.05) is 24.3 Å². The van der Waals surface area contributed by atoms with Gasteiger partial charge in [-0.1, -0.05) is 30.3 Å². The summed E-state index contributed by atoms with van der Waals surface area (Å²) in [6.07, 6.45) is 1.67. The molecule has 3 aromatic rings. The van der Waals surface area contributed by atoms with Crippen LogP contribution in [0.2, 0.25) is 0 Å². The van der Waals surface area contributed by atoms with Crippen molar-refractivity contribution in [2.45, 2.75) is 25.2 Å². The highest BCUT2D eigenvalue weighted by atomic mass is 32.1. The fourth-order valence-electron chi connectivity index (χ4n) is 2.98. The average molecular weight is 295 g/mol. The number of hydrogen-bond donors (Lipinski definition) is 0. The number of nitrogens with zero attached hydrogens (tertiary/aromatic N) is 1. The second-order valence-electron chi connectivity index (χ2n) is 5.41. The molecule has 0 radical (unpaired) electrons. The lowest BCUT2D eigenvalue weighted by molar-refractivity contribution is -0.131. The maximum atomic E-state index is 12.1. The zero-order valence-electron chi connectivity index (χ0n) is 11.3. The van der Waals surface area contributed by atoms with Crippen molar-refractivity contribution >= 4 is 43.9 Å². The molecule has 0 unspecified atom stereocenters. The Bertz CT molecular complexity index is 865. The molecule has 0 bridgehead atoms. The minimum atomic E-state index is -0.630. The topological polar surface area (TPSA) is 47.0 Å². The monoisotopic (exact) mass is 295 g/mol. The number of carbonyl (C=O) groups excluding carboxylic acids is 2. The van der Waals surface area contributed by atoms with Crippen molar-refractivity contribution in [3.05, 3.63) is 41.4 Å². The molecule has 0 amide bonds. The summed E-state index contributed by atoms with van der Waals surface area (Å²) in [6.45, 7) is 0. The second-order valence-corrected chi connectivity index (χ2v) is 6.44. The van der Waals surface area contributed by atoms with Crippen LogP contribution >= 0.6 is 11.3 Å². The predicted molar refractivity (Wildman–Crippen MR) is 83.7 cm³/mol. The molecule has 1 aliphatic carbocycles. The summed E-state index contributed by atoms with van der Waals surface area (Å²) in [7, 11) is 0. The van der Waals surface area contributed by atoms with Gasteiger partial charge in [-0.15, -0.1) is 11.3 Å². The molecule has 1 aliphatic rings. The fourth-order valence-corrected chi connectivity index (χ4v) is 4.22. The van der Waals surface area contributed by atoms with E-state index in [9.17, 15) is 9.59 Å². The molecule has 1 heterocycles. The number of hydrogen-bond acceptors (Lipinski definition) is 4. The SMILES string of the molecule is O=C1CCCC(=O)C1c1nc2ccc3ccccc3c2s1. The number of ketones is 2. The molecule has 4 rings (SSSR count). The Morgan fingerprint density at radius 1 is 1.00 bits per heavy atom. The van der Waals surface area contributed by atoms with E-state index in [-0.39, 0.29) is 11.6 Å². The van der Waals surface area contributed by atoms with Crippen LogP contribution in [0.1, 0.15) is 30.2 Å². The third kappa shape index (κ3) is 1.98. The Kier molecular flexibility index (Phi) is 2.86. The van der Waals surface area contributed by atoms with Crippen LogP contribution in [0.5, 0.6) is 0 Å². The number of aromatic nitrogens is 1. The molecule has 0 N–H and O–H groups in total. The molecule has 0 saturated heterocycles. The minimum absolute atomic E-state index is 0.0228. The van der Waals surface area contributed by atoms with Gasteiger partial charge in [-0.05, 0) is 17.9 Å². The highest BCUT2D eigenvalue weighted by Crippen LogP contribution is 2.36. The summed E-state index contributed by atoms with van der Waals surface area (Å²) in [5.41, 5.74) is 0.875. The summed E-state index contributed by atoms with van der Waals surface area (Å²) < 4.78 is 1.06. The molecule has 0 atom stereocenters. The third-order valence-corrected chi connectivity index (χ3v) is 5.20. The average Bonchev–Trinajstić information content (AvgIpc) is 2.91. The molecule has 2 aromatic carbocycles. The highest BCUT2D eigenvalue weighted by molar-refractivity contribution is 7.19. The Morgan fingerprint density at radius 2 is 1.76 bits per heavy atom. The first-order valence-electron chi connectivity index (χ1n) is 7.07. The Morgan fingerprint density at radius 3 is 2.57 bits per heavy atom. The van der Waals surface area contributed by atoms with Crippen LogP contribution in [0.25, 0.3) is 21.0 Å². The smallest absolute Gasteiger partial charge is 0.150 e. The van der Waals surface area contributed by atoms with Gasteiger partial charge in [-0.2, -0.15) is 0 Å². The molecular weight excluding hydrogens is 282 g/mol. The van der Waals surface area contributed by atoms with Crippen molar-refractivity contribution in [2.75, 3.05) is 0 Å². The molecule has 4 heteroatoms. The summed E-state index contributed by atoms with van der Waals surface area (Å²) >= 11 is 1.49. The van der Waals surface area contributed by atoms with Gasteiger partial charge in [0.15, 0.2) is 0 Å². The summed E-state index contributed by atoms with van der Waals surface area (Å²) in [4.78, 5) is 28.7. The third-order valence-electron chi connectivity index (χ3n) is 4.03. The van der Waals surface area contributed by atoms with Crippen LogP contribution < -0.4 is 0 Å². The van der Waals surface area contributed by atoms with Crippen molar-refractivity contribution in [3.8, 4) is 0 Å². The molecule has 0 aliphatic heterocycles. The number of rotatable bonds is 1. The predicted octanol–water partition coefficient (Wildman–Crippen LogP) is 3.86. The largest absolute Gasteiger partial charge is 0.298 e. The van der Waals surface area contributed by atoms with E-state index in [2.05, 4.69) is 17.1 Å². The zero-order chi connectivity index (χ0) is 14.4. The van der Waals surface area contributed by atoms with Gasteiger partial charge in [0, 0.05) is 18.2 Å². The van der Waals surface area contributed by atoms with E-state index in [1.54, 1.807) is 0 Å². The zero-order valence-corrected chi connectivity index (χ0v) is 12.2. The van der Waals surface area contributed by atoms with Gasteiger partial charge in [0.2, 0.25) is 0 Å². The van der Waals surface area contributed by atoms with E-state index in [0.717, 1.165) is 21.0 Å². The van der Waals surface area contributed by atoms with Crippen LogP contribution in [-0.4, -0.2) is 16.6 Å². The van der Waals surface area contributed by atoms with Gasteiger partial charge >= 0.3 is 0 Å². The fraction of sp³-hybridized carbons (Fsp3) is 0.235. The molecular formula is C17H13NO2S. The highest BCUT2D eigenvalue weighted by Gasteiger charge is 2.33. The van der Waals surface area contributed by atoms with Gasteiger partial charge in [0.1, 0.15) is 22.5 Å². The van der Waals surface area contributed by atoms with Gasteiger partial charge in [-0.3, -0.25) is 9.59 Å². The molecule has 0 spiro atoms. The van der Waals surface area contributed by atoms with Crippen molar-refractivity contribution in [1.29, 1.82) is 0 Å². The van der Waals surface area contributed by atoms with E-state index < -0.39 is 5.92 Å². The van der Waals surface area contributed by atoms with E-state index in [0.29, 0.717) is 24.3 Å². The van der Waals surface area contributed by atoms with Crippen LogP contribution in [0.3, 0.4) is 0 Å². The first kappa shape index (κ1) is 12.7. The van der Waals surface area contributed by atoms with Crippen LogP contribution in [0, 0.1) is 0 Å². The van der Waals surface area contributed by atoms with Gasteiger partial charge in [0.05, 0.1) is 10.2 Å². The van der Waals surface area contributed by atoms with E-state index >= 15 is 0 Å². The molecule has 1 saturated carbocycles. The minimum Gasteiger partial charge on any atom is -0.298 e. The number of fused-ring (bicyclic) bond motifs is 3. The van der Waals surface area contributed by atoms with Crippen molar-refractivity contribution in [3.63, 3.8) is 0 Å². The van der Waals surface area contributed by atoms with Gasteiger partial charge in [0.25, 0.3) is 0 Å². The number of benzene rings is 2. The lowest BCUT2D eigenvalue weighted by atomic mass is 9.87. The second kappa shape index (κ2) is 4.74. The number of thiazole rings is 1. The van der Waals surface area contributed by atoms with Crippen molar-refractivity contribution < 1.29 is 9.59 Å². The Balaban J connectivity index is 1.92. The normalized spacial score (nSPS) is 17.0. The molecule has 21 heavy (non-hydrogen) atoms. The van der Waals surface area contributed by atoms with Crippen LogP contribution in [-0.2, 0) is 9.59 Å². The van der Waals surface area contributed by atoms with Gasteiger partial charge < -0.3 is 0 Å². The van der Waals surface area contributed by atoms with E-state index in [4.69, 9.17) is 0 Å². The maximum Gasteiger partial charge on any atom is 0.150 e. The van der Waals surface area contributed by atoms with Gasteiger partial charge in [-0.25, -0.2) is 4.98 Å². The standard InChI is InChI=1S/C17H13NO2S/c19-13-6-3-7-14(20)15(13)17-18-12-9-8-10-4-1-2-5-11(10)16(12)21-17/h1-2,4-5,8-9,15H,3,6-7H2. The van der Waals surface area contributed by atoms with Crippen molar-refractivity contribution in [1.82, 2.24) is 4.98 Å². The molecule has 1 fully saturated rings. The lowest BCUT2D eigenvalue weighted by Crippen LogP contribution is -2.26. The van der Waals surface area contributed by atoms with Crippen LogP contribution in [0.15, 0.2) is 36.4 Å². The summed E-state index contributed by atoms with van der Waals surface area (Å²) in [5.74, 6) is -0.584. The molecule has 1 aromatic heterocycles. The summed E-state index contributed by atoms with van der Waals surface area (Å²) in [5, 5.41) is 2.95. The quantitative estimate of drug-likeness (QED) is 0.640. The molecule has 104 valence electrons. The first-order valence-corrected chi connectivity index (χ1v) is 7.89. The number of Topliss-reactive ketones (excluding diaryl/α,β-unsaturated/α-hetero) is 2. The Labute approximate surface area is 125 Å². The summed E-state index contributed by atoms with van der Waals surface area (Å²) in [6, 6.07) is 12.1. The maximum absolute atomic E-state index is 12.1.